The SMILES string of the molecule is O=C(COCCOCCOCCOCCOCCOCCOCCOCCOCCOCCOCC(=O)N[C@@H](c1ccccc1)c1ccc(C2CC2)c(F)n1)N[C@@H](c1ccccc1)c1ccc(C2CC2)c(F)n1. The molecule has 0 aliphatic heterocycles. The van der Waals surface area contributed by atoms with Gasteiger partial charge in [-0.3, -0.25) is 9.59 Å². The number of benzene rings is 2. The lowest BCUT2D eigenvalue weighted by molar-refractivity contribution is -0.127. The Morgan fingerprint density at radius 2 is 0.658 bits per heavy atom. The molecule has 19 heteroatoms. The van der Waals surface area contributed by atoms with Crippen LogP contribution in [0.3, 0.4) is 0 Å². The molecule has 400 valence electrons. The van der Waals surface area contributed by atoms with Gasteiger partial charge in [0.1, 0.15) is 13.2 Å². The molecule has 2 saturated carbocycles. The van der Waals surface area contributed by atoms with Crippen molar-refractivity contribution in [2.75, 3.05) is 145 Å². The molecule has 6 rings (SSSR count). The summed E-state index contributed by atoms with van der Waals surface area (Å²) in [5.74, 6) is -1.15. The number of nitrogens with zero attached hydrogens (tertiary/aromatic N) is 2. The van der Waals surface area contributed by atoms with Crippen molar-refractivity contribution < 1.29 is 70.5 Å². The Labute approximate surface area is 427 Å². The van der Waals surface area contributed by atoms with Crippen LogP contribution in [0.2, 0.25) is 0 Å². The summed E-state index contributed by atoms with van der Waals surface area (Å²) in [4.78, 5) is 33.8. The molecular weight excluding hydrogens is 951 g/mol. The number of hydrogen-bond donors (Lipinski definition) is 2. The minimum atomic E-state index is -0.601. The highest BCUT2D eigenvalue weighted by molar-refractivity contribution is 5.78. The van der Waals surface area contributed by atoms with Crippen LogP contribution in [0, 0.1) is 11.9 Å². The quantitative estimate of drug-likeness (QED) is 0.0401. The van der Waals surface area contributed by atoms with Gasteiger partial charge in [0.05, 0.1) is 156 Å². The number of aromatic nitrogens is 2. The van der Waals surface area contributed by atoms with Crippen molar-refractivity contribution in [2.45, 2.75) is 49.6 Å². The molecule has 2 aromatic carbocycles. The lowest BCUT2D eigenvalue weighted by Gasteiger charge is -2.19. The molecule has 0 bridgehead atoms. The van der Waals surface area contributed by atoms with Gasteiger partial charge in [-0.05, 0) is 60.8 Å². The van der Waals surface area contributed by atoms with E-state index in [2.05, 4.69) is 20.6 Å². The van der Waals surface area contributed by atoms with Gasteiger partial charge in [-0.15, -0.1) is 0 Å². The van der Waals surface area contributed by atoms with E-state index in [1.165, 1.54) is 0 Å². The Kier molecular flexibility index (Phi) is 27.2. The van der Waals surface area contributed by atoms with Gasteiger partial charge in [0.2, 0.25) is 23.7 Å². The summed E-state index contributed by atoms with van der Waals surface area (Å²) >= 11 is 0. The van der Waals surface area contributed by atoms with E-state index in [9.17, 15) is 18.4 Å². The standard InChI is InChI=1S/C54H72F2N4O13/c55-53-45(41-11-12-41)15-17-47(57-53)51(43-7-3-1-4-8-43)59-49(61)39-72-37-35-70-33-31-68-29-27-66-25-23-64-21-19-63-20-22-65-24-26-67-28-30-69-32-34-71-36-38-73-40-50(62)60-52(44-9-5-2-6-10-44)48-18-16-46(42-13-14-42)54(56)58-48/h1-10,15-18,41-42,51-52H,11-14,19-40H2,(H,59,61)(H,60,62)/t51-,52-/m0/s1. The Morgan fingerprint density at radius 3 is 0.904 bits per heavy atom. The molecule has 2 aliphatic carbocycles. The smallest absolute Gasteiger partial charge is 0.246 e. The van der Waals surface area contributed by atoms with Crippen LogP contribution in [-0.4, -0.2) is 167 Å². The van der Waals surface area contributed by atoms with E-state index in [1.54, 1.807) is 24.3 Å². The highest BCUT2D eigenvalue weighted by atomic mass is 19.1. The average Bonchev–Trinajstić information content (AvgIpc) is 4.36. The van der Waals surface area contributed by atoms with E-state index >= 15 is 0 Å². The van der Waals surface area contributed by atoms with Crippen molar-refractivity contribution in [3.05, 3.63) is 130 Å². The normalized spacial score (nSPS) is 14.3. The lowest BCUT2D eigenvalue weighted by Crippen LogP contribution is -2.33. The average molecular weight is 1020 g/mol. The molecule has 2 aromatic heterocycles. The van der Waals surface area contributed by atoms with Crippen LogP contribution in [0.5, 0.6) is 0 Å². The predicted octanol–water partition coefficient (Wildman–Crippen LogP) is 5.80. The number of nitrogens with one attached hydrogen (secondary N) is 2. The number of hydrogen-bond acceptors (Lipinski definition) is 15. The molecule has 2 fully saturated rings. The number of rotatable bonds is 42. The Balaban J connectivity index is 0.627. The first-order valence-electron chi connectivity index (χ1n) is 25.3. The molecule has 2 N–H and O–H groups in total. The largest absolute Gasteiger partial charge is 0.377 e. The molecule has 2 atom stereocenters. The van der Waals surface area contributed by atoms with Gasteiger partial charge in [0, 0.05) is 11.1 Å². The number of ether oxygens (including phenoxy) is 11. The number of amides is 2. The fraction of sp³-hybridized carbons (Fsp3) is 0.556. The summed E-state index contributed by atoms with van der Waals surface area (Å²) < 4.78 is 90.2. The van der Waals surface area contributed by atoms with Crippen LogP contribution >= 0.6 is 0 Å². The Bertz CT molecular complexity index is 1990. The van der Waals surface area contributed by atoms with Crippen LogP contribution in [0.15, 0.2) is 84.9 Å². The van der Waals surface area contributed by atoms with E-state index in [1.807, 2.05) is 60.7 Å². The maximum Gasteiger partial charge on any atom is 0.246 e. The van der Waals surface area contributed by atoms with Crippen molar-refractivity contribution in [3.8, 4) is 0 Å². The van der Waals surface area contributed by atoms with E-state index in [4.69, 9.17) is 52.1 Å². The molecule has 0 radical (unpaired) electrons. The van der Waals surface area contributed by atoms with Crippen molar-refractivity contribution in [2.24, 2.45) is 0 Å². The predicted molar refractivity (Wildman–Crippen MR) is 264 cm³/mol. The van der Waals surface area contributed by atoms with Crippen molar-refractivity contribution in [1.29, 1.82) is 0 Å². The molecule has 2 amide bonds. The summed E-state index contributed by atoms with van der Waals surface area (Å²) in [5.41, 5.74) is 3.74. The summed E-state index contributed by atoms with van der Waals surface area (Å²) in [6.07, 6.45) is 3.90. The van der Waals surface area contributed by atoms with Gasteiger partial charge in [0.15, 0.2) is 0 Å². The number of carbonyl (C=O) groups excluding carboxylic acids is 2. The van der Waals surface area contributed by atoms with Crippen LogP contribution in [0.25, 0.3) is 0 Å². The highest BCUT2D eigenvalue weighted by Gasteiger charge is 2.30. The zero-order valence-corrected chi connectivity index (χ0v) is 41.7. The first-order valence-corrected chi connectivity index (χ1v) is 25.3. The zero-order valence-electron chi connectivity index (χ0n) is 41.7. The molecular formula is C54H72F2N4O13. The fourth-order valence-corrected chi connectivity index (χ4v) is 7.42. The topological polar surface area (TPSA) is 186 Å². The van der Waals surface area contributed by atoms with Crippen LogP contribution in [-0.2, 0) is 61.7 Å². The molecule has 0 unspecified atom stereocenters. The van der Waals surface area contributed by atoms with Crippen molar-refractivity contribution in [3.63, 3.8) is 0 Å². The second-order valence-corrected chi connectivity index (χ2v) is 17.2. The third kappa shape index (κ3) is 23.0. The third-order valence-corrected chi connectivity index (χ3v) is 11.5. The zero-order chi connectivity index (χ0) is 51.0. The Morgan fingerprint density at radius 1 is 0.397 bits per heavy atom. The minimum Gasteiger partial charge on any atom is -0.377 e. The minimum absolute atomic E-state index is 0.168. The first-order chi connectivity index (χ1) is 36.0. The van der Waals surface area contributed by atoms with E-state index < -0.39 is 24.0 Å². The van der Waals surface area contributed by atoms with Crippen molar-refractivity contribution in [1.82, 2.24) is 20.6 Å². The molecule has 0 saturated heterocycles. The number of carbonyl (C=O) groups is 2. The van der Waals surface area contributed by atoms with Crippen LogP contribution in [0.1, 0.15) is 83.2 Å². The molecule has 4 aromatic rings. The number of pyridine rings is 2. The van der Waals surface area contributed by atoms with Gasteiger partial charge in [-0.25, -0.2) is 9.97 Å². The maximum absolute atomic E-state index is 14.7. The highest BCUT2D eigenvalue weighted by Crippen LogP contribution is 2.42. The maximum atomic E-state index is 14.7. The van der Waals surface area contributed by atoms with Gasteiger partial charge in [-0.1, -0.05) is 72.8 Å². The number of halogens is 2. The van der Waals surface area contributed by atoms with E-state index in [0.29, 0.717) is 141 Å². The van der Waals surface area contributed by atoms with Crippen LogP contribution in [0.4, 0.5) is 8.78 Å². The van der Waals surface area contributed by atoms with E-state index in [-0.39, 0.29) is 50.1 Å². The molecule has 73 heavy (non-hydrogen) atoms. The summed E-state index contributed by atoms with van der Waals surface area (Å²) in [6, 6.07) is 24.6. The lowest BCUT2D eigenvalue weighted by atomic mass is 10.0. The second-order valence-electron chi connectivity index (χ2n) is 17.2. The summed E-state index contributed by atoms with van der Waals surface area (Å²) in [7, 11) is 0. The van der Waals surface area contributed by atoms with Crippen LogP contribution < -0.4 is 10.6 Å². The third-order valence-electron chi connectivity index (χ3n) is 11.5. The van der Waals surface area contributed by atoms with E-state index in [0.717, 1.165) is 36.8 Å². The van der Waals surface area contributed by atoms with Gasteiger partial charge in [0.25, 0.3) is 0 Å². The molecule has 17 nitrogen and oxygen atoms in total. The van der Waals surface area contributed by atoms with Crippen molar-refractivity contribution >= 4 is 11.8 Å². The monoisotopic (exact) mass is 1020 g/mol. The first kappa shape index (κ1) is 57.4. The van der Waals surface area contributed by atoms with Gasteiger partial charge >= 0.3 is 0 Å². The Hall–Kier alpha value is -4.90. The van der Waals surface area contributed by atoms with Gasteiger partial charge in [-0.2, -0.15) is 8.78 Å². The fourth-order valence-electron chi connectivity index (χ4n) is 7.42. The summed E-state index contributed by atoms with van der Waals surface area (Å²) in [6.45, 7) is 7.54. The summed E-state index contributed by atoms with van der Waals surface area (Å²) in [5, 5.41) is 5.85. The van der Waals surface area contributed by atoms with Gasteiger partial charge < -0.3 is 62.7 Å². The molecule has 2 aliphatic rings. The molecule has 0 spiro atoms. The second kappa shape index (κ2) is 34.6. The molecule has 2 heterocycles.